The van der Waals surface area contributed by atoms with Crippen LogP contribution in [0.5, 0.6) is 0 Å². The fraction of sp³-hybridized carbons (Fsp3) is 0.562. The van der Waals surface area contributed by atoms with Crippen molar-refractivity contribution in [1.82, 2.24) is 4.90 Å². The molecule has 0 N–H and O–H groups in total. The van der Waals surface area contributed by atoms with Crippen LogP contribution in [0.3, 0.4) is 0 Å². The Labute approximate surface area is 132 Å². The average molecular weight is 313 g/mol. The maximum Gasteiger partial charge on any atom is 0.180 e. The van der Waals surface area contributed by atoms with Crippen molar-refractivity contribution < 1.29 is 0 Å². The lowest BCUT2D eigenvalue weighted by Crippen LogP contribution is -2.43. The molecule has 20 heavy (non-hydrogen) atoms. The van der Waals surface area contributed by atoms with Gasteiger partial charge in [-0.2, -0.15) is 5.26 Å². The summed E-state index contributed by atoms with van der Waals surface area (Å²) < 4.78 is 0. The van der Waals surface area contributed by atoms with Crippen molar-refractivity contribution in [2.24, 2.45) is 5.41 Å². The summed E-state index contributed by atoms with van der Waals surface area (Å²) in [6.07, 6.45) is 3.23. The summed E-state index contributed by atoms with van der Waals surface area (Å²) in [5.41, 5.74) is 0.943. The summed E-state index contributed by atoms with van der Waals surface area (Å²) in [4.78, 5) is 1.80. The predicted molar refractivity (Wildman–Crippen MR) is 85.8 cm³/mol. The molecule has 0 saturated carbocycles. The molecule has 0 aliphatic carbocycles. The van der Waals surface area contributed by atoms with E-state index in [4.69, 9.17) is 23.2 Å². The number of nitrogens with zero attached hydrogens (tertiary/aromatic N) is 2. The number of hydrogen-bond donors (Lipinski definition) is 0. The molecular formula is C16H22Cl2N2. The highest BCUT2D eigenvalue weighted by Gasteiger charge is 2.31. The van der Waals surface area contributed by atoms with Gasteiger partial charge in [0, 0.05) is 5.54 Å². The van der Waals surface area contributed by atoms with Crippen molar-refractivity contribution in [1.29, 1.82) is 5.26 Å². The second kappa shape index (κ2) is 6.24. The quantitative estimate of drug-likeness (QED) is 0.543. The fourth-order valence-electron chi connectivity index (χ4n) is 2.60. The van der Waals surface area contributed by atoms with E-state index in [1.807, 2.05) is 12.1 Å². The van der Waals surface area contributed by atoms with Crippen molar-refractivity contribution in [3.8, 4) is 6.19 Å². The van der Waals surface area contributed by atoms with Crippen molar-refractivity contribution in [3.63, 3.8) is 0 Å². The van der Waals surface area contributed by atoms with E-state index in [0.29, 0.717) is 16.6 Å². The molecule has 1 rings (SSSR count). The van der Waals surface area contributed by atoms with Gasteiger partial charge in [0.1, 0.15) is 0 Å². The molecule has 110 valence electrons. The maximum atomic E-state index is 9.46. The lowest BCUT2D eigenvalue weighted by atomic mass is 9.81. The maximum absolute atomic E-state index is 9.46. The Hall–Kier alpha value is -0.910. The minimum atomic E-state index is -0.209. The first-order valence-corrected chi connectivity index (χ1v) is 7.42. The molecule has 0 unspecified atom stereocenters. The summed E-state index contributed by atoms with van der Waals surface area (Å²) >= 11 is 11.9. The minimum Gasteiger partial charge on any atom is -0.301 e. The van der Waals surface area contributed by atoms with E-state index in [1.165, 1.54) is 0 Å². The minimum absolute atomic E-state index is 0.163. The van der Waals surface area contributed by atoms with Gasteiger partial charge in [-0.3, -0.25) is 0 Å². The van der Waals surface area contributed by atoms with Crippen LogP contribution >= 0.6 is 23.2 Å². The van der Waals surface area contributed by atoms with Gasteiger partial charge in [-0.25, -0.2) is 0 Å². The van der Waals surface area contributed by atoms with Crippen LogP contribution < -0.4 is 0 Å². The highest BCUT2D eigenvalue weighted by molar-refractivity contribution is 6.42. The zero-order valence-electron chi connectivity index (χ0n) is 12.8. The second-order valence-electron chi connectivity index (χ2n) is 6.98. The molecule has 0 saturated heterocycles. The third-order valence-electron chi connectivity index (χ3n) is 3.14. The summed E-state index contributed by atoms with van der Waals surface area (Å²) in [6.45, 7) is 11.3. The van der Waals surface area contributed by atoms with E-state index in [2.05, 4.69) is 40.8 Å². The lowest BCUT2D eigenvalue weighted by molar-refractivity contribution is 0.126. The third kappa shape index (κ3) is 4.89. The molecule has 0 atom stereocenters. The molecular weight excluding hydrogens is 291 g/mol. The summed E-state index contributed by atoms with van der Waals surface area (Å²) in [5.74, 6) is 0. The van der Waals surface area contributed by atoms with Gasteiger partial charge >= 0.3 is 0 Å². The topological polar surface area (TPSA) is 27.0 Å². The van der Waals surface area contributed by atoms with Crippen LogP contribution in [0.25, 0.3) is 0 Å². The fourth-order valence-corrected chi connectivity index (χ4v) is 2.92. The summed E-state index contributed by atoms with van der Waals surface area (Å²) in [5, 5.41) is 10.5. The van der Waals surface area contributed by atoms with Crippen LogP contribution in [0.15, 0.2) is 18.2 Å². The average Bonchev–Trinajstić information content (AvgIpc) is 2.27. The van der Waals surface area contributed by atoms with Gasteiger partial charge in [-0.05, 0) is 43.4 Å². The van der Waals surface area contributed by atoms with Gasteiger partial charge in [0.25, 0.3) is 0 Å². The van der Waals surface area contributed by atoms with E-state index >= 15 is 0 Å². The summed E-state index contributed by atoms with van der Waals surface area (Å²) in [7, 11) is 0. The van der Waals surface area contributed by atoms with E-state index < -0.39 is 0 Å². The van der Waals surface area contributed by atoms with Gasteiger partial charge in [0.2, 0.25) is 0 Å². The molecule has 1 aromatic carbocycles. The van der Waals surface area contributed by atoms with E-state index in [0.717, 1.165) is 12.0 Å². The van der Waals surface area contributed by atoms with Crippen molar-refractivity contribution in [2.45, 2.75) is 53.1 Å². The Bertz CT molecular complexity index is 510. The zero-order valence-corrected chi connectivity index (χ0v) is 14.3. The van der Waals surface area contributed by atoms with Gasteiger partial charge in [-0.1, -0.05) is 50.0 Å². The molecule has 0 aromatic heterocycles. The normalized spacial score (nSPS) is 12.1. The highest BCUT2D eigenvalue weighted by atomic mass is 35.5. The first-order chi connectivity index (χ1) is 9.05. The Morgan fingerprint density at radius 3 is 2.15 bits per heavy atom. The molecule has 0 bridgehead atoms. The molecule has 0 fully saturated rings. The van der Waals surface area contributed by atoms with Crippen LogP contribution in [0.2, 0.25) is 10.0 Å². The number of rotatable bonds is 4. The number of benzene rings is 1. The number of halogens is 2. The molecule has 2 nitrogen and oxygen atoms in total. The first kappa shape index (κ1) is 17.1. The van der Waals surface area contributed by atoms with Gasteiger partial charge in [-0.15, -0.1) is 0 Å². The van der Waals surface area contributed by atoms with Crippen molar-refractivity contribution >= 4 is 23.2 Å². The zero-order chi connectivity index (χ0) is 15.6. The van der Waals surface area contributed by atoms with Crippen LogP contribution in [-0.2, 0) is 6.54 Å². The van der Waals surface area contributed by atoms with Crippen LogP contribution in [0.4, 0.5) is 0 Å². The molecule has 0 spiro atoms. The second-order valence-corrected chi connectivity index (χ2v) is 7.80. The van der Waals surface area contributed by atoms with E-state index in [-0.39, 0.29) is 11.0 Å². The monoisotopic (exact) mass is 312 g/mol. The van der Waals surface area contributed by atoms with Crippen LogP contribution in [-0.4, -0.2) is 10.4 Å². The Balaban J connectivity index is 2.91. The first-order valence-electron chi connectivity index (χ1n) is 6.66. The Morgan fingerprint density at radius 1 is 1.10 bits per heavy atom. The third-order valence-corrected chi connectivity index (χ3v) is 3.88. The van der Waals surface area contributed by atoms with Crippen LogP contribution in [0.1, 0.15) is 46.6 Å². The smallest absolute Gasteiger partial charge is 0.180 e. The van der Waals surface area contributed by atoms with E-state index in [1.54, 1.807) is 11.0 Å². The molecule has 4 heteroatoms. The van der Waals surface area contributed by atoms with Gasteiger partial charge < -0.3 is 4.90 Å². The SMILES string of the molecule is CC(C)(C)CC(C)(C)N(C#N)Cc1ccc(Cl)c(Cl)c1. The van der Waals surface area contributed by atoms with Crippen molar-refractivity contribution in [3.05, 3.63) is 33.8 Å². The highest BCUT2D eigenvalue weighted by Crippen LogP contribution is 2.32. The van der Waals surface area contributed by atoms with E-state index in [9.17, 15) is 5.26 Å². The van der Waals surface area contributed by atoms with Gasteiger partial charge in [0.15, 0.2) is 6.19 Å². The van der Waals surface area contributed by atoms with Crippen LogP contribution in [0, 0.1) is 16.9 Å². The molecule has 1 aromatic rings. The Kier molecular flexibility index (Phi) is 5.35. The molecule has 0 heterocycles. The van der Waals surface area contributed by atoms with Crippen molar-refractivity contribution in [2.75, 3.05) is 0 Å². The summed E-state index contributed by atoms with van der Waals surface area (Å²) in [6, 6.07) is 5.50. The molecule has 0 amide bonds. The lowest BCUT2D eigenvalue weighted by Gasteiger charge is -2.39. The largest absolute Gasteiger partial charge is 0.301 e. The predicted octanol–water partition coefficient (Wildman–Crippen LogP) is 5.49. The number of nitriles is 1. The van der Waals surface area contributed by atoms with Gasteiger partial charge in [0.05, 0.1) is 16.6 Å². The Morgan fingerprint density at radius 2 is 1.70 bits per heavy atom. The molecule has 0 aliphatic heterocycles. The molecule has 0 aliphatic rings. The standard InChI is InChI=1S/C16H22Cl2N2/c1-15(2,3)10-16(4,5)20(11-19)9-12-6-7-13(17)14(18)8-12/h6-8H,9-10H2,1-5H3. The molecule has 0 radical (unpaired) electrons. The number of hydrogen-bond acceptors (Lipinski definition) is 2.